The van der Waals surface area contributed by atoms with Crippen LogP contribution >= 0.6 is 23.2 Å². The number of hydrogen-bond acceptors (Lipinski definition) is 1. The van der Waals surface area contributed by atoms with Crippen LogP contribution in [0.25, 0.3) is 0 Å². The first-order valence-corrected chi connectivity index (χ1v) is 5.89. The minimum atomic E-state index is -0.655. The summed E-state index contributed by atoms with van der Waals surface area (Å²) in [5.41, 5.74) is 0.127. The zero-order valence-electron chi connectivity index (χ0n) is 9.60. The highest BCUT2D eigenvalue weighted by Crippen LogP contribution is 2.31. The smallest absolute Gasteiger partial charge is 0.230 e. The maximum atomic E-state index is 11.9. The molecule has 0 atom stereocenters. The van der Waals surface area contributed by atoms with Crippen molar-refractivity contribution in [3.8, 4) is 0 Å². The average molecular weight is 260 g/mol. The summed E-state index contributed by atoms with van der Waals surface area (Å²) in [5.74, 6) is -0.0424. The van der Waals surface area contributed by atoms with Crippen molar-refractivity contribution in [2.75, 3.05) is 6.54 Å². The maximum Gasteiger partial charge on any atom is 0.230 e. The molecule has 0 aliphatic heterocycles. The molecular weight excluding hydrogens is 245 g/mol. The number of halogens is 2. The van der Waals surface area contributed by atoms with E-state index in [1.54, 1.807) is 18.2 Å². The monoisotopic (exact) mass is 259 g/mol. The van der Waals surface area contributed by atoms with E-state index >= 15 is 0 Å². The molecule has 0 fully saturated rings. The Morgan fingerprint density at radius 2 is 2.00 bits per heavy atom. The summed E-state index contributed by atoms with van der Waals surface area (Å²) in [5, 5.41) is 3.88. The van der Waals surface area contributed by atoms with Gasteiger partial charge >= 0.3 is 0 Å². The first-order valence-electron chi connectivity index (χ1n) is 5.13. The Morgan fingerprint density at radius 3 is 2.50 bits per heavy atom. The standard InChI is InChI=1S/C12H15Cl2NO/c1-4-15-11(16)12(2,3)9-6-5-8(13)7-10(9)14/h5-7H,4H2,1-3H3,(H,15,16). The fraction of sp³-hybridized carbons (Fsp3) is 0.417. The molecule has 1 rings (SSSR count). The van der Waals surface area contributed by atoms with E-state index in [2.05, 4.69) is 5.32 Å². The van der Waals surface area contributed by atoms with Gasteiger partial charge in [-0.1, -0.05) is 29.3 Å². The van der Waals surface area contributed by atoms with Crippen LogP contribution in [0.3, 0.4) is 0 Å². The number of amides is 1. The second kappa shape index (κ2) is 5.07. The molecule has 0 aliphatic carbocycles. The lowest BCUT2D eigenvalue weighted by molar-refractivity contribution is -0.125. The molecule has 1 amide bonds. The van der Waals surface area contributed by atoms with E-state index in [1.807, 2.05) is 20.8 Å². The molecule has 4 heteroatoms. The Kier molecular flexibility index (Phi) is 4.22. The Morgan fingerprint density at radius 1 is 1.38 bits per heavy atom. The SMILES string of the molecule is CCNC(=O)C(C)(C)c1ccc(Cl)cc1Cl. The minimum Gasteiger partial charge on any atom is -0.356 e. The van der Waals surface area contributed by atoms with Crippen LogP contribution in [0, 0.1) is 0 Å². The van der Waals surface area contributed by atoms with E-state index in [4.69, 9.17) is 23.2 Å². The normalized spacial score (nSPS) is 11.3. The molecule has 0 unspecified atom stereocenters. The molecule has 1 aromatic rings. The topological polar surface area (TPSA) is 29.1 Å². The van der Waals surface area contributed by atoms with Gasteiger partial charge in [0.2, 0.25) is 5.91 Å². The maximum absolute atomic E-state index is 11.9. The average Bonchev–Trinajstić information content (AvgIpc) is 2.17. The molecule has 16 heavy (non-hydrogen) atoms. The van der Waals surface area contributed by atoms with E-state index in [1.165, 1.54) is 0 Å². The van der Waals surface area contributed by atoms with E-state index in [9.17, 15) is 4.79 Å². The minimum absolute atomic E-state index is 0.0424. The Bertz CT molecular complexity index is 402. The van der Waals surface area contributed by atoms with Gasteiger partial charge in [-0.25, -0.2) is 0 Å². The van der Waals surface area contributed by atoms with Crippen molar-refractivity contribution in [3.05, 3.63) is 33.8 Å². The predicted octanol–water partition coefficient (Wildman–Crippen LogP) is 3.41. The molecule has 0 spiro atoms. The number of nitrogens with one attached hydrogen (secondary N) is 1. The van der Waals surface area contributed by atoms with Gasteiger partial charge in [0.15, 0.2) is 0 Å². The summed E-state index contributed by atoms with van der Waals surface area (Å²) in [6, 6.07) is 5.18. The molecule has 1 N–H and O–H groups in total. The number of rotatable bonds is 3. The van der Waals surface area contributed by atoms with Gasteiger partial charge in [-0.15, -0.1) is 0 Å². The summed E-state index contributed by atoms with van der Waals surface area (Å²) in [7, 11) is 0. The highest BCUT2D eigenvalue weighted by atomic mass is 35.5. The van der Waals surface area contributed by atoms with Crippen LogP contribution in [0.2, 0.25) is 10.0 Å². The lowest BCUT2D eigenvalue weighted by Crippen LogP contribution is -2.40. The van der Waals surface area contributed by atoms with Crippen molar-refractivity contribution in [3.63, 3.8) is 0 Å². The van der Waals surface area contributed by atoms with Gasteiger partial charge in [0.05, 0.1) is 5.41 Å². The third-order valence-electron chi connectivity index (χ3n) is 2.51. The van der Waals surface area contributed by atoms with Crippen molar-refractivity contribution in [2.45, 2.75) is 26.2 Å². The highest BCUT2D eigenvalue weighted by Gasteiger charge is 2.31. The van der Waals surface area contributed by atoms with Crippen molar-refractivity contribution >= 4 is 29.1 Å². The number of likely N-dealkylation sites (N-methyl/N-ethyl adjacent to an activating group) is 1. The van der Waals surface area contributed by atoms with E-state index < -0.39 is 5.41 Å². The van der Waals surface area contributed by atoms with Crippen molar-refractivity contribution in [2.24, 2.45) is 0 Å². The molecule has 0 aromatic heterocycles. The van der Waals surface area contributed by atoms with Crippen LogP contribution in [0.4, 0.5) is 0 Å². The molecule has 0 bridgehead atoms. The van der Waals surface area contributed by atoms with Crippen molar-refractivity contribution < 1.29 is 4.79 Å². The fourth-order valence-electron chi connectivity index (χ4n) is 1.50. The van der Waals surface area contributed by atoms with Crippen LogP contribution in [0.1, 0.15) is 26.3 Å². The molecule has 0 saturated heterocycles. The number of benzene rings is 1. The van der Waals surface area contributed by atoms with Gasteiger partial charge in [-0.3, -0.25) is 4.79 Å². The summed E-state index contributed by atoms with van der Waals surface area (Å²) in [6.45, 7) is 6.17. The summed E-state index contributed by atoms with van der Waals surface area (Å²) in [4.78, 5) is 11.9. The zero-order valence-corrected chi connectivity index (χ0v) is 11.1. The Hall–Kier alpha value is -0.730. The first kappa shape index (κ1) is 13.3. The second-order valence-corrected chi connectivity index (χ2v) is 4.95. The second-order valence-electron chi connectivity index (χ2n) is 4.11. The van der Waals surface area contributed by atoms with Crippen LogP contribution in [-0.2, 0) is 10.2 Å². The summed E-state index contributed by atoms with van der Waals surface area (Å²) < 4.78 is 0. The Labute approximate surface area is 106 Å². The predicted molar refractivity (Wildman–Crippen MR) is 68.2 cm³/mol. The van der Waals surface area contributed by atoms with Crippen LogP contribution in [0.5, 0.6) is 0 Å². The van der Waals surface area contributed by atoms with Gasteiger partial charge in [0.1, 0.15) is 0 Å². The van der Waals surface area contributed by atoms with Gasteiger partial charge in [0, 0.05) is 16.6 Å². The third-order valence-corrected chi connectivity index (χ3v) is 3.06. The van der Waals surface area contributed by atoms with Crippen molar-refractivity contribution in [1.29, 1.82) is 0 Å². The molecule has 0 saturated carbocycles. The van der Waals surface area contributed by atoms with Crippen LogP contribution in [-0.4, -0.2) is 12.5 Å². The molecule has 1 aromatic carbocycles. The number of carbonyl (C=O) groups excluding carboxylic acids is 1. The van der Waals surface area contributed by atoms with Gasteiger partial charge in [0.25, 0.3) is 0 Å². The largest absolute Gasteiger partial charge is 0.356 e. The number of hydrogen-bond donors (Lipinski definition) is 1. The Balaban J connectivity index is 3.11. The quantitative estimate of drug-likeness (QED) is 0.886. The van der Waals surface area contributed by atoms with E-state index in [0.717, 1.165) is 5.56 Å². The molecule has 2 nitrogen and oxygen atoms in total. The molecular formula is C12H15Cl2NO. The number of carbonyl (C=O) groups is 1. The molecule has 0 heterocycles. The van der Waals surface area contributed by atoms with E-state index in [0.29, 0.717) is 16.6 Å². The van der Waals surface area contributed by atoms with Gasteiger partial charge in [-0.2, -0.15) is 0 Å². The molecule has 0 aliphatic rings. The summed E-state index contributed by atoms with van der Waals surface area (Å²) in [6.07, 6.45) is 0. The van der Waals surface area contributed by atoms with Gasteiger partial charge in [-0.05, 0) is 38.5 Å². The molecule has 88 valence electrons. The van der Waals surface area contributed by atoms with Gasteiger partial charge < -0.3 is 5.32 Å². The molecule has 0 radical (unpaired) electrons. The van der Waals surface area contributed by atoms with E-state index in [-0.39, 0.29) is 5.91 Å². The van der Waals surface area contributed by atoms with Crippen molar-refractivity contribution in [1.82, 2.24) is 5.32 Å². The lowest BCUT2D eigenvalue weighted by atomic mass is 9.83. The van der Waals surface area contributed by atoms with Crippen LogP contribution in [0.15, 0.2) is 18.2 Å². The van der Waals surface area contributed by atoms with Crippen LogP contribution < -0.4 is 5.32 Å². The lowest BCUT2D eigenvalue weighted by Gasteiger charge is -2.25. The highest BCUT2D eigenvalue weighted by molar-refractivity contribution is 6.35. The fourth-order valence-corrected chi connectivity index (χ4v) is 2.14. The first-order chi connectivity index (χ1) is 7.39. The summed E-state index contributed by atoms with van der Waals surface area (Å²) >= 11 is 11.9. The third kappa shape index (κ3) is 2.69. The zero-order chi connectivity index (χ0) is 12.3.